The number of esters is 2. The lowest BCUT2D eigenvalue weighted by Crippen LogP contribution is -2.21. The number of allylic oxidation sites excluding steroid dienone is 4. The summed E-state index contributed by atoms with van der Waals surface area (Å²) in [6, 6.07) is 0. The van der Waals surface area contributed by atoms with Crippen molar-refractivity contribution >= 4 is 11.9 Å². The molecule has 78 valence electrons. The number of carbonyl (C=O) groups is 2. The van der Waals surface area contributed by atoms with E-state index in [9.17, 15) is 9.59 Å². The smallest absolute Gasteiger partial charge is 0.318 e. The SMILES string of the molecule is CC(C)=C1[C@H]2C=C[C@@H]1[C@H]1C(=O)OC(=O)[C@@H]12. The molecule has 1 aliphatic heterocycles. The van der Waals surface area contributed by atoms with Crippen molar-refractivity contribution in [3.05, 3.63) is 23.3 Å². The summed E-state index contributed by atoms with van der Waals surface area (Å²) < 4.78 is 4.70. The molecule has 3 aliphatic rings. The molecule has 15 heavy (non-hydrogen) atoms. The summed E-state index contributed by atoms with van der Waals surface area (Å²) in [5, 5.41) is 0. The van der Waals surface area contributed by atoms with Crippen molar-refractivity contribution in [1.29, 1.82) is 0 Å². The third kappa shape index (κ3) is 0.907. The molecule has 0 radical (unpaired) electrons. The van der Waals surface area contributed by atoms with Crippen LogP contribution in [0, 0.1) is 23.7 Å². The fourth-order valence-corrected chi connectivity index (χ4v) is 3.23. The molecule has 0 amide bonds. The normalized spacial score (nSPS) is 41.1. The van der Waals surface area contributed by atoms with Crippen molar-refractivity contribution in [1.82, 2.24) is 0 Å². The van der Waals surface area contributed by atoms with Crippen molar-refractivity contribution in [2.75, 3.05) is 0 Å². The van der Waals surface area contributed by atoms with Gasteiger partial charge in [-0.2, -0.15) is 0 Å². The number of hydrogen-bond acceptors (Lipinski definition) is 3. The second-order valence-electron chi connectivity index (χ2n) is 4.68. The summed E-state index contributed by atoms with van der Waals surface area (Å²) >= 11 is 0. The molecule has 0 aromatic rings. The lowest BCUT2D eigenvalue weighted by atomic mass is 9.85. The average molecular weight is 204 g/mol. The summed E-state index contributed by atoms with van der Waals surface area (Å²) in [6.07, 6.45) is 4.10. The maximum atomic E-state index is 11.5. The fraction of sp³-hybridized carbons (Fsp3) is 0.500. The van der Waals surface area contributed by atoms with Gasteiger partial charge in [-0.05, 0) is 13.8 Å². The molecule has 1 saturated carbocycles. The van der Waals surface area contributed by atoms with Gasteiger partial charge in [-0.1, -0.05) is 23.3 Å². The Labute approximate surface area is 87.8 Å². The quantitative estimate of drug-likeness (QED) is 0.341. The average Bonchev–Trinajstić information content (AvgIpc) is 2.77. The van der Waals surface area contributed by atoms with Gasteiger partial charge >= 0.3 is 11.9 Å². The summed E-state index contributed by atoms with van der Waals surface area (Å²) in [5.41, 5.74) is 2.49. The van der Waals surface area contributed by atoms with Crippen LogP contribution in [0.25, 0.3) is 0 Å². The summed E-state index contributed by atoms with van der Waals surface area (Å²) in [5.74, 6) is -0.913. The minimum atomic E-state index is -0.333. The van der Waals surface area contributed by atoms with E-state index in [2.05, 4.69) is 0 Å². The molecule has 4 atom stereocenters. The van der Waals surface area contributed by atoms with Crippen LogP contribution < -0.4 is 0 Å². The van der Waals surface area contributed by atoms with Gasteiger partial charge < -0.3 is 4.74 Å². The van der Waals surface area contributed by atoms with Crippen molar-refractivity contribution < 1.29 is 14.3 Å². The molecule has 0 spiro atoms. The third-order valence-corrected chi connectivity index (χ3v) is 3.73. The first-order valence-corrected chi connectivity index (χ1v) is 5.22. The Bertz CT molecular complexity index is 394. The van der Waals surface area contributed by atoms with Gasteiger partial charge in [-0.25, -0.2) is 0 Å². The highest BCUT2D eigenvalue weighted by molar-refractivity contribution is 5.99. The van der Waals surface area contributed by atoms with Gasteiger partial charge in [-0.15, -0.1) is 0 Å². The molecule has 0 N–H and O–H groups in total. The van der Waals surface area contributed by atoms with E-state index in [0.29, 0.717) is 0 Å². The predicted octanol–water partition coefficient (Wildman–Crippen LogP) is 1.45. The Hall–Kier alpha value is -1.38. The number of carbonyl (C=O) groups excluding carboxylic acids is 2. The second-order valence-corrected chi connectivity index (χ2v) is 4.68. The molecule has 3 nitrogen and oxygen atoms in total. The largest absolute Gasteiger partial charge is 0.393 e. The van der Waals surface area contributed by atoms with Gasteiger partial charge in [0.05, 0.1) is 11.8 Å². The number of cyclic esters (lactones) is 2. The Kier molecular flexibility index (Phi) is 1.54. The van der Waals surface area contributed by atoms with Gasteiger partial charge in [0, 0.05) is 11.8 Å². The number of hydrogen-bond donors (Lipinski definition) is 0. The lowest BCUT2D eigenvalue weighted by Gasteiger charge is -2.11. The zero-order chi connectivity index (χ0) is 10.7. The molecule has 1 heterocycles. The van der Waals surface area contributed by atoms with E-state index >= 15 is 0 Å². The van der Waals surface area contributed by atoms with E-state index in [-0.39, 0.29) is 35.6 Å². The van der Waals surface area contributed by atoms with Crippen LogP contribution in [0.2, 0.25) is 0 Å². The zero-order valence-corrected chi connectivity index (χ0v) is 8.69. The molecular weight excluding hydrogens is 192 g/mol. The van der Waals surface area contributed by atoms with Gasteiger partial charge in [0.2, 0.25) is 0 Å². The van der Waals surface area contributed by atoms with Crippen LogP contribution in [0.4, 0.5) is 0 Å². The Morgan fingerprint density at radius 1 is 1.07 bits per heavy atom. The van der Waals surface area contributed by atoms with Crippen LogP contribution in [0.15, 0.2) is 23.3 Å². The van der Waals surface area contributed by atoms with Crippen molar-refractivity contribution in [3.8, 4) is 0 Å². The zero-order valence-electron chi connectivity index (χ0n) is 8.69. The molecule has 2 bridgehead atoms. The minimum Gasteiger partial charge on any atom is -0.393 e. The van der Waals surface area contributed by atoms with E-state index in [0.717, 1.165) is 0 Å². The third-order valence-electron chi connectivity index (χ3n) is 3.73. The Balaban J connectivity index is 2.13. The number of fused-ring (bicyclic) bond motifs is 5. The molecule has 3 heteroatoms. The molecule has 0 aromatic heterocycles. The van der Waals surface area contributed by atoms with Crippen LogP contribution in [0.3, 0.4) is 0 Å². The molecule has 1 saturated heterocycles. The predicted molar refractivity (Wildman–Crippen MR) is 52.6 cm³/mol. The van der Waals surface area contributed by atoms with Gasteiger partial charge in [0.25, 0.3) is 0 Å². The van der Waals surface area contributed by atoms with Crippen LogP contribution >= 0.6 is 0 Å². The fourth-order valence-electron chi connectivity index (χ4n) is 3.23. The van der Waals surface area contributed by atoms with E-state index < -0.39 is 0 Å². The second kappa shape index (κ2) is 2.60. The van der Waals surface area contributed by atoms with Gasteiger partial charge in [0.15, 0.2) is 0 Å². The maximum absolute atomic E-state index is 11.5. The molecule has 2 aliphatic carbocycles. The molecule has 0 aromatic carbocycles. The van der Waals surface area contributed by atoms with Gasteiger partial charge in [0.1, 0.15) is 0 Å². The summed E-state index contributed by atoms with van der Waals surface area (Å²) in [7, 11) is 0. The summed E-state index contributed by atoms with van der Waals surface area (Å²) in [6.45, 7) is 4.08. The van der Waals surface area contributed by atoms with E-state index in [4.69, 9.17) is 4.74 Å². The maximum Gasteiger partial charge on any atom is 0.318 e. The molecule has 2 fully saturated rings. The van der Waals surface area contributed by atoms with Crippen molar-refractivity contribution in [2.45, 2.75) is 13.8 Å². The Morgan fingerprint density at radius 2 is 1.53 bits per heavy atom. The first kappa shape index (κ1) is 8.89. The van der Waals surface area contributed by atoms with Crippen LogP contribution in [-0.2, 0) is 14.3 Å². The van der Waals surface area contributed by atoms with E-state index in [1.807, 2.05) is 26.0 Å². The highest BCUT2D eigenvalue weighted by atomic mass is 16.6. The van der Waals surface area contributed by atoms with Crippen LogP contribution in [0.5, 0.6) is 0 Å². The highest BCUT2D eigenvalue weighted by Crippen LogP contribution is 2.55. The van der Waals surface area contributed by atoms with Crippen molar-refractivity contribution in [3.63, 3.8) is 0 Å². The number of rotatable bonds is 0. The van der Waals surface area contributed by atoms with Gasteiger partial charge in [-0.3, -0.25) is 9.59 Å². The highest BCUT2D eigenvalue weighted by Gasteiger charge is 2.60. The molecular formula is C12H12O3. The van der Waals surface area contributed by atoms with E-state index in [1.165, 1.54) is 11.1 Å². The molecule has 3 rings (SSSR count). The topological polar surface area (TPSA) is 43.4 Å². The lowest BCUT2D eigenvalue weighted by molar-refractivity contribution is -0.154. The standard InChI is InChI=1S/C12H12O3/c1-5(2)8-6-3-4-7(8)10-9(6)11(13)15-12(10)14/h3-4,6-7,9-10H,1-2H3/t6-,7+,9-,10-/m1/s1. The minimum absolute atomic E-state index is 0.115. The van der Waals surface area contributed by atoms with Crippen LogP contribution in [0.1, 0.15) is 13.8 Å². The van der Waals surface area contributed by atoms with Crippen LogP contribution in [-0.4, -0.2) is 11.9 Å². The van der Waals surface area contributed by atoms with Crippen molar-refractivity contribution in [2.24, 2.45) is 23.7 Å². The number of ether oxygens (including phenoxy) is 1. The first-order chi connectivity index (χ1) is 7.11. The molecule has 0 unspecified atom stereocenters. The monoisotopic (exact) mass is 204 g/mol. The first-order valence-electron chi connectivity index (χ1n) is 5.22. The summed E-state index contributed by atoms with van der Waals surface area (Å²) in [4.78, 5) is 23.0. The van der Waals surface area contributed by atoms with E-state index in [1.54, 1.807) is 0 Å². The Morgan fingerprint density at radius 3 is 1.93 bits per heavy atom.